The molecule has 0 aliphatic rings. The lowest BCUT2D eigenvalue weighted by Crippen LogP contribution is -2.08. The molecule has 0 fully saturated rings. The molecule has 240 valence electrons. The van der Waals surface area contributed by atoms with E-state index >= 15 is 0 Å². The smallest absolute Gasteiger partial charge is 0.311 e. The largest absolute Gasteiger partial charge is 0.426 e. The Kier molecular flexibility index (Phi) is 12.2. The Morgan fingerprint density at radius 3 is 1.23 bits per heavy atom. The highest BCUT2D eigenvalue weighted by atomic mass is 19.1. The van der Waals surface area contributed by atoms with E-state index in [4.69, 9.17) is 20.0 Å². The molecule has 0 unspecified atom stereocenters. The van der Waals surface area contributed by atoms with Gasteiger partial charge in [-0.25, -0.2) is 17.6 Å². The Morgan fingerprint density at radius 1 is 0.511 bits per heavy atom. The number of ether oxygens (including phenoxy) is 2. The second-order valence-corrected chi connectivity index (χ2v) is 10.8. The average molecular weight is 643 g/mol. The number of halogens is 4. The summed E-state index contributed by atoms with van der Waals surface area (Å²) in [5.74, 6) is -3.75. The molecule has 0 saturated heterocycles. The van der Waals surface area contributed by atoms with Gasteiger partial charge in [-0.05, 0) is 72.5 Å². The number of nitrogens with zero attached hydrogens (tertiary/aromatic N) is 2. The Labute approximate surface area is 269 Å². The van der Waals surface area contributed by atoms with Crippen LogP contribution >= 0.6 is 0 Å². The molecule has 4 aromatic rings. The van der Waals surface area contributed by atoms with Crippen LogP contribution in [0.15, 0.2) is 72.8 Å². The molecule has 6 nitrogen and oxygen atoms in total. The van der Waals surface area contributed by atoms with Crippen molar-refractivity contribution in [1.29, 1.82) is 10.5 Å². The van der Waals surface area contributed by atoms with Crippen molar-refractivity contribution in [1.82, 2.24) is 0 Å². The molecule has 0 aliphatic carbocycles. The number of hydrogen-bond acceptors (Lipinski definition) is 6. The fourth-order valence-electron chi connectivity index (χ4n) is 4.92. The van der Waals surface area contributed by atoms with E-state index in [2.05, 4.69) is 0 Å². The summed E-state index contributed by atoms with van der Waals surface area (Å²) in [6, 6.07) is 18.8. The third-order valence-corrected chi connectivity index (χ3v) is 7.41. The van der Waals surface area contributed by atoms with Gasteiger partial charge in [-0.1, -0.05) is 44.2 Å². The Balaban J connectivity index is 1.08. The summed E-state index contributed by atoms with van der Waals surface area (Å²) >= 11 is 0. The van der Waals surface area contributed by atoms with Gasteiger partial charge in [-0.3, -0.25) is 9.59 Å². The van der Waals surface area contributed by atoms with Crippen molar-refractivity contribution >= 4 is 11.9 Å². The van der Waals surface area contributed by atoms with Crippen LogP contribution in [0.25, 0.3) is 22.3 Å². The molecular formula is C37H30F4N2O4. The van der Waals surface area contributed by atoms with Gasteiger partial charge in [0.2, 0.25) is 0 Å². The van der Waals surface area contributed by atoms with Gasteiger partial charge in [-0.15, -0.1) is 0 Å². The molecule has 10 heteroatoms. The van der Waals surface area contributed by atoms with Gasteiger partial charge in [0.1, 0.15) is 46.9 Å². The van der Waals surface area contributed by atoms with Gasteiger partial charge in [0.05, 0.1) is 11.1 Å². The number of nitriles is 2. The summed E-state index contributed by atoms with van der Waals surface area (Å²) < 4.78 is 67.4. The van der Waals surface area contributed by atoms with Gasteiger partial charge in [-0.2, -0.15) is 10.5 Å². The van der Waals surface area contributed by atoms with Gasteiger partial charge < -0.3 is 9.47 Å². The molecule has 4 rings (SSSR count). The quantitative estimate of drug-likeness (QED) is 0.0588. The first-order chi connectivity index (χ1) is 22.7. The second kappa shape index (κ2) is 16.7. The maximum absolute atomic E-state index is 14.6. The summed E-state index contributed by atoms with van der Waals surface area (Å²) in [6.07, 6.45) is 5.82. The molecule has 0 aliphatic heterocycles. The first-order valence-corrected chi connectivity index (χ1v) is 15.1. The van der Waals surface area contributed by atoms with Crippen molar-refractivity contribution in [2.45, 2.75) is 57.8 Å². The monoisotopic (exact) mass is 642 g/mol. The molecule has 0 aromatic heterocycles. The third-order valence-electron chi connectivity index (χ3n) is 7.41. The van der Waals surface area contributed by atoms with Gasteiger partial charge in [0.15, 0.2) is 0 Å². The fourth-order valence-corrected chi connectivity index (χ4v) is 4.92. The van der Waals surface area contributed by atoms with Crippen molar-refractivity contribution < 1.29 is 36.6 Å². The van der Waals surface area contributed by atoms with Crippen molar-refractivity contribution in [3.05, 3.63) is 107 Å². The lowest BCUT2D eigenvalue weighted by atomic mass is 10.0. The first-order valence-electron chi connectivity index (χ1n) is 15.1. The summed E-state index contributed by atoms with van der Waals surface area (Å²) in [5, 5.41) is 17.7. The lowest BCUT2D eigenvalue weighted by molar-refractivity contribution is -0.135. The van der Waals surface area contributed by atoms with E-state index < -0.39 is 35.2 Å². The zero-order valence-electron chi connectivity index (χ0n) is 25.3. The molecule has 0 amide bonds. The molecule has 0 bridgehead atoms. The molecule has 0 heterocycles. The highest BCUT2D eigenvalue weighted by molar-refractivity contribution is 5.74. The van der Waals surface area contributed by atoms with Crippen LogP contribution in [-0.2, 0) is 9.59 Å². The zero-order valence-corrected chi connectivity index (χ0v) is 25.3. The molecule has 0 spiro atoms. The maximum atomic E-state index is 14.6. The van der Waals surface area contributed by atoms with E-state index in [0.29, 0.717) is 12.8 Å². The first kappa shape index (κ1) is 34.4. The van der Waals surface area contributed by atoms with Crippen LogP contribution in [0.1, 0.15) is 68.9 Å². The number of esters is 2. The Morgan fingerprint density at radius 2 is 0.894 bits per heavy atom. The van der Waals surface area contributed by atoms with E-state index in [-0.39, 0.29) is 57.7 Å². The van der Waals surface area contributed by atoms with Crippen molar-refractivity contribution in [2.75, 3.05) is 0 Å². The van der Waals surface area contributed by atoms with Crippen LogP contribution < -0.4 is 9.47 Å². The van der Waals surface area contributed by atoms with Crippen LogP contribution in [0.2, 0.25) is 0 Å². The van der Waals surface area contributed by atoms with Gasteiger partial charge in [0, 0.05) is 36.1 Å². The van der Waals surface area contributed by atoms with Crippen LogP contribution in [0.3, 0.4) is 0 Å². The molecule has 0 N–H and O–H groups in total. The Bertz CT molecular complexity index is 1710. The molecule has 0 atom stereocenters. The van der Waals surface area contributed by atoms with Crippen molar-refractivity contribution in [2.24, 2.45) is 0 Å². The average Bonchev–Trinajstić information content (AvgIpc) is 3.04. The Hall–Kier alpha value is -5.48. The molecule has 47 heavy (non-hydrogen) atoms. The number of carbonyl (C=O) groups excluding carboxylic acids is 2. The van der Waals surface area contributed by atoms with E-state index in [1.54, 1.807) is 12.1 Å². The standard InChI is InChI=1S/C37H30F4N2O4/c38-32-18-24(10-12-26(32)22-42)30-16-14-28(20-34(30)40)46-36(44)8-6-4-2-1-3-5-7-9-37(45)47-29-15-17-31(35(41)21-29)25-11-13-27(23-43)33(39)19-25/h10-21H,1-9H2. The molecule has 0 radical (unpaired) electrons. The minimum atomic E-state index is -0.749. The van der Waals surface area contributed by atoms with Crippen molar-refractivity contribution in [3.63, 3.8) is 0 Å². The van der Waals surface area contributed by atoms with Crippen LogP contribution in [0.5, 0.6) is 11.5 Å². The van der Waals surface area contributed by atoms with E-state index in [0.717, 1.165) is 56.4 Å². The lowest BCUT2D eigenvalue weighted by Gasteiger charge is -2.08. The summed E-state index contributed by atoms with van der Waals surface area (Å²) in [6.45, 7) is 0. The highest BCUT2D eigenvalue weighted by Gasteiger charge is 2.14. The predicted molar refractivity (Wildman–Crippen MR) is 166 cm³/mol. The normalized spacial score (nSPS) is 10.6. The third kappa shape index (κ3) is 9.75. The number of benzene rings is 4. The predicted octanol–water partition coefficient (Wildman–Crippen LogP) is 9.34. The summed E-state index contributed by atoms with van der Waals surface area (Å²) in [4.78, 5) is 24.4. The molecule has 0 saturated carbocycles. The van der Waals surface area contributed by atoms with Crippen molar-refractivity contribution in [3.8, 4) is 45.9 Å². The SMILES string of the molecule is N#Cc1ccc(-c2ccc(OC(=O)CCCCCCCCCC(=O)Oc3ccc(-c4ccc(C#N)c(F)c4)c(F)c3)cc2F)cc1F. The number of hydrogen-bond donors (Lipinski definition) is 0. The molecular weight excluding hydrogens is 612 g/mol. The number of unbranched alkanes of at least 4 members (excludes halogenated alkanes) is 6. The zero-order chi connectivity index (χ0) is 33.8. The van der Waals surface area contributed by atoms with Crippen LogP contribution in [0, 0.1) is 45.9 Å². The minimum absolute atomic E-state index is 0.0471. The fraction of sp³-hybridized carbons (Fsp3) is 0.243. The van der Waals surface area contributed by atoms with Gasteiger partial charge >= 0.3 is 11.9 Å². The highest BCUT2D eigenvalue weighted by Crippen LogP contribution is 2.29. The van der Waals surface area contributed by atoms with Crippen LogP contribution in [0.4, 0.5) is 17.6 Å². The summed E-state index contributed by atoms with van der Waals surface area (Å²) in [7, 11) is 0. The van der Waals surface area contributed by atoms with E-state index in [1.165, 1.54) is 48.5 Å². The summed E-state index contributed by atoms with van der Waals surface area (Å²) in [5.41, 5.74) is 0.481. The number of rotatable bonds is 14. The maximum Gasteiger partial charge on any atom is 0.311 e. The van der Waals surface area contributed by atoms with Gasteiger partial charge in [0.25, 0.3) is 0 Å². The van der Waals surface area contributed by atoms with E-state index in [1.807, 2.05) is 0 Å². The number of carbonyl (C=O) groups is 2. The van der Waals surface area contributed by atoms with E-state index in [9.17, 15) is 27.2 Å². The minimum Gasteiger partial charge on any atom is -0.426 e. The van der Waals surface area contributed by atoms with Crippen LogP contribution in [-0.4, -0.2) is 11.9 Å². The second-order valence-electron chi connectivity index (χ2n) is 10.8. The molecule has 4 aromatic carbocycles. The topological polar surface area (TPSA) is 100 Å².